The van der Waals surface area contributed by atoms with Gasteiger partial charge >= 0.3 is 0 Å². The monoisotopic (exact) mass is 238 g/mol. The molecule has 0 saturated carbocycles. The van der Waals surface area contributed by atoms with Crippen molar-refractivity contribution in [3.05, 3.63) is 0 Å². The van der Waals surface area contributed by atoms with Crippen LogP contribution in [0, 0.1) is 0 Å². The summed E-state index contributed by atoms with van der Waals surface area (Å²) in [7, 11) is 2.66. The molecule has 7 heteroatoms. The Labute approximate surface area is 93.2 Å². The molecule has 0 aliphatic carbocycles. The lowest BCUT2D eigenvalue weighted by atomic mass is 10.0. The quantitative estimate of drug-likeness (QED) is 0.428. The van der Waals surface area contributed by atoms with Crippen molar-refractivity contribution in [1.82, 2.24) is 0 Å². The number of rotatable bonds is 3. The molecule has 0 bridgehead atoms. The van der Waals surface area contributed by atoms with Crippen LogP contribution in [0.3, 0.4) is 0 Å². The van der Waals surface area contributed by atoms with Gasteiger partial charge in [0, 0.05) is 14.2 Å². The summed E-state index contributed by atoms with van der Waals surface area (Å²) in [6.07, 6.45) is -7.17. The van der Waals surface area contributed by atoms with Crippen molar-refractivity contribution < 1.29 is 34.6 Å². The van der Waals surface area contributed by atoms with E-state index < -0.39 is 43.4 Å². The fourth-order valence-corrected chi connectivity index (χ4v) is 1.70. The number of aliphatic hydroxyl groups is 4. The summed E-state index contributed by atoms with van der Waals surface area (Å²) in [5.74, 6) is 0. The third-order valence-electron chi connectivity index (χ3n) is 2.68. The van der Waals surface area contributed by atoms with E-state index in [0.717, 1.165) is 0 Å². The van der Waals surface area contributed by atoms with Crippen molar-refractivity contribution in [2.45, 2.75) is 36.8 Å². The van der Waals surface area contributed by atoms with E-state index in [1.807, 2.05) is 0 Å². The molecule has 0 amide bonds. The topological polar surface area (TPSA) is 109 Å². The van der Waals surface area contributed by atoms with E-state index in [1.54, 1.807) is 0 Å². The van der Waals surface area contributed by atoms with Gasteiger partial charge in [-0.25, -0.2) is 0 Å². The van der Waals surface area contributed by atoms with Crippen LogP contribution in [0.2, 0.25) is 0 Å². The largest absolute Gasteiger partial charge is 0.394 e. The minimum absolute atomic E-state index is 0.499. The lowest BCUT2D eigenvalue weighted by Gasteiger charge is -2.27. The Bertz CT molecular complexity index is 210. The van der Waals surface area contributed by atoms with Crippen molar-refractivity contribution >= 4 is 0 Å². The lowest BCUT2D eigenvalue weighted by Crippen LogP contribution is -2.48. The third kappa shape index (κ3) is 2.51. The lowest BCUT2D eigenvalue weighted by molar-refractivity contribution is -0.228. The summed E-state index contributed by atoms with van der Waals surface area (Å²) in [6.45, 7) is -0.499. The van der Waals surface area contributed by atoms with Gasteiger partial charge in [0.15, 0.2) is 6.29 Å². The van der Waals surface area contributed by atoms with E-state index in [1.165, 1.54) is 14.2 Å². The fraction of sp³-hybridized carbons (Fsp3) is 1.00. The molecule has 7 nitrogen and oxygen atoms in total. The van der Waals surface area contributed by atoms with Gasteiger partial charge in [0.1, 0.15) is 30.5 Å². The predicted molar refractivity (Wildman–Crippen MR) is 51.6 cm³/mol. The standard InChI is InChI=1S/C9H18O7/c1-14-8-7(13)6(12)5(11)4(3-10)16-9(8)15-2/h4-13H,3H2,1-2H3/t4-,5-,6+,7-,8-,9-/m1/s1. The molecule has 0 aromatic carbocycles. The number of hydrogen-bond acceptors (Lipinski definition) is 7. The van der Waals surface area contributed by atoms with Crippen LogP contribution in [0.1, 0.15) is 0 Å². The van der Waals surface area contributed by atoms with E-state index in [4.69, 9.17) is 19.3 Å². The van der Waals surface area contributed by atoms with Crippen molar-refractivity contribution in [3.8, 4) is 0 Å². The Hall–Kier alpha value is -0.280. The van der Waals surface area contributed by atoms with Crippen molar-refractivity contribution in [2.24, 2.45) is 0 Å². The third-order valence-corrected chi connectivity index (χ3v) is 2.68. The molecule has 0 radical (unpaired) electrons. The first-order valence-electron chi connectivity index (χ1n) is 4.93. The molecule has 0 aromatic rings. The molecule has 6 atom stereocenters. The number of hydrogen-bond donors (Lipinski definition) is 4. The average molecular weight is 238 g/mol. The highest BCUT2D eigenvalue weighted by Crippen LogP contribution is 2.23. The first-order chi connectivity index (χ1) is 7.56. The van der Waals surface area contributed by atoms with E-state index in [0.29, 0.717) is 0 Å². The van der Waals surface area contributed by atoms with Crippen LogP contribution < -0.4 is 0 Å². The maximum atomic E-state index is 9.73. The number of ether oxygens (including phenoxy) is 3. The molecule has 16 heavy (non-hydrogen) atoms. The van der Waals surface area contributed by atoms with Gasteiger partial charge in [0.2, 0.25) is 0 Å². The zero-order valence-corrected chi connectivity index (χ0v) is 9.18. The van der Waals surface area contributed by atoms with E-state index >= 15 is 0 Å². The first-order valence-corrected chi connectivity index (χ1v) is 4.93. The van der Waals surface area contributed by atoms with Crippen LogP contribution >= 0.6 is 0 Å². The molecule has 1 aliphatic rings. The zero-order valence-electron chi connectivity index (χ0n) is 9.18. The second-order valence-corrected chi connectivity index (χ2v) is 3.63. The van der Waals surface area contributed by atoms with Crippen LogP contribution in [0.15, 0.2) is 0 Å². The minimum Gasteiger partial charge on any atom is -0.394 e. The van der Waals surface area contributed by atoms with Gasteiger partial charge < -0.3 is 34.6 Å². The summed E-state index contributed by atoms with van der Waals surface area (Å²) in [5.41, 5.74) is 0. The molecule has 1 heterocycles. The predicted octanol–water partition coefficient (Wildman–Crippen LogP) is -2.55. The normalized spacial score (nSPS) is 45.4. The van der Waals surface area contributed by atoms with E-state index in [-0.39, 0.29) is 0 Å². The molecule has 96 valence electrons. The van der Waals surface area contributed by atoms with Crippen molar-refractivity contribution in [3.63, 3.8) is 0 Å². The minimum atomic E-state index is -1.47. The van der Waals surface area contributed by atoms with Gasteiger partial charge in [-0.15, -0.1) is 0 Å². The van der Waals surface area contributed by atoms with Crippen LogP contribution in [0.5, 0.6) is 0 Å². The van der Waals surface area contributed by atoms with Gasteiger partial charge in [-0.1, -0.05) is 0 Å². The molecule has 1 aliphatic heterocycles. The van der Waals surface area contributed by atoms with Gasteiger partial charge in [0.25, 0.3) is 0 Å². The summed E-state index contributed by atoms with van der Waals surface area (Å²) in [6, 6.07) is 0. The van der Waals surface area contributed by atoms with Crippen LogP contribution in [0.4, 0.5) is 0 Å². The van der Waals surface area contributed by atoms with Gasteiger partial charge in [-0.3, -0.25) is 0 Å². The molecule has 1 fully saturated rings. The molecule has 4 N–H and O–H groups in total. The summed E-state index contributed by atoms with van der Waals surface area (Å²) in [4.78, 5) is 0. The van der Waals surface area contributed by atoms with Crippen molar-refractivity contribution in [2.75, 3.05) is 20.8 Å². The highest BCUT2D eigenvalue weighted by atomic mass is 16.7. The van der Waals surface area contributed by atoms with Crippen LogP contribution in [0.25, 0.3) is 0 Å². The SMILES string of the molecule is CO[C@@H]1O[C@H](CO)[C@@H](O)[C@H](O)[C@@H](O)[C@H]1OC. The van der Waals surface area contributed by atoms with Crippen LogP contribution in [-0.2, 0) is 14.2 Å². The maximum Gasteiger partial charge on any atom is 0.186 e. The second-order valence-electron chi connectivity index (χ2n) is 3.63. The van der Waals surface area contributed by atoms with Crippen molar-refractivity contribution in [1.29, 1.82) is 0 Å². The second kappa shape index (κ2) is 5.87. The summed E-state index contributed by atoms with van der Waals surface area (Å²) >= 11 is 0. The molecule has 0 aromatic heterocycles. The molecule has 1 rings (SSSR count). The zero-order chi connectivity index (χ0) is 12.3. The Morgan fingerprint density at radius 3 is 2.06 bits per heavy atom. The number of aliphatic hydroxyl groups excluding tert-OH is 4. The Kier molecular flexibility index (Phi) is 5.06. The van der Waals surface area contributed by atoms with Gasteiger partial charge in [-0.05, 0) is 0 Å². The van der Waals surface area contributed by atoms with Gasteiger partial charge in [-0.2, -0.15) is 0 Å². The molecule has 1 saturated heterocycles. The smallest absolute Gasteiger partial charge is 0.186 e. The fourth-order valence-electron chi connectivity index (χ4n) is 1.70. The highest BCUT2D eigenvalue weighted by Gasteiger charge is 2.45. The summed E-state index contributed by atoms with van der Waals surface area (Å²) < 4.78 is 15.1. The van der Waals surface area contributed by atoms with E-state index in [2.05, 4.69) is 0 Å². The molecule has 0 spiro atoms. The number of methoxy groups -OCH3 is 2. The first kappa shape index (κ1) is 13.8. The molecular formula is C9H18O7. The Morgan fingerprint density at radius 2 is 1.62 bits per heavy atom. The highest BCUT2D eigenvalue weighted by molar-refractivity contribution is 4.91. The Morgan fingerprint density at radius 1 is 1.00 bits per heavy atom. The Balaban J connectivity index is 2.90. The molecule has 0 unspecified atom stereocenters. The summed E-state index contributed by atoms with van der Waals surface area (Å²) in [5, 5.41) is 37.9. The van der Waals surface area contributed by atoms with Gasteiger partial charge in [0.05, 0.1) is 6.61 Å². The maximum absolute atomic E-state index is 9.73. The average Bonchev–Trinajstić information content (AvgIpc) is 2.39. The molecular weight excluding hydrogens is 220 g/mol. The van der Waals surface area contributed by atoms with Crippen LogP contribution in [-0.4, -0.2) is 78.1 Å². The van der Waals surface area contributed by atoms with E-state index in [9.17, 15) is 15.3 Å².